The molecular weight excluding hydrogens is 459 g/mol. The third-order valence-electron chi connectivity index (χ3n) is 5.63. The van der Waals surface area contributed by atoms with Gasteiger partial charge in [0.25, 0.3) is 0 Å². The number of likely N-dealkylation sites (N-methyl/N-ethyl adjacent to an activating group) is 1. The molecule has 4 atom stereocenters. The van der Waals surface area contributed by atoms with E-state index < -0.39 is 5.60 Å². The van der Waals surface area contributed by atoms with Crippen LogP contribution in [-0.4, -0.2) is 53.7 Å². The molecule has 0 saturated carbocycles. The van der Waals surface area contributed by atoms with Crippen molar-refractivity contribution in [3.8, 4) is 0 Å². The summed E-state index contributed by atoms with van der Waals surface area (Å²) < 4.78 is 15.6. The predicted octanol–water partition coefficient (Wildman–Crippen LogP) is 4.31. The van der Waals surface area contributed by atoms with Crippen molar-refractivity contribution >= 4 is 45.6 Å². The van der Waals surface area contributed by atoms with Gasteiger partial charge in [-0.1, -0.05) is 35.9 Å². The first kappa shape index (κ1) is 22.5. The highest BCUT2D eigenvalue weighted by Crippen LogP contribution is 2.45. The number of rotatable bonds is 6. The Balaban J connectivity index is 1.46. The first-order chi connectivity index (χ1) is 14.7. The fourth-order valence-electron chi connectivity index (χ4n) is 3.54. The number of aromatic nitrogens is 4. The van der Waals surface area contributed by atoms with Gasteiger partial charge in [-0.25, -0.2) is 4.39 Å². The van der Waals surface area contributed by atoms with E-state index in [1.165, 1.54) is 17.4 Å². The summed E-state index contributed by atoms with van der Waals surface area (Å²) in [7, 11) is 2.02. The molecular formula is C20H24ClFN6OS2. The van der Waals surface area contributed by atoms with Crippen LogP contribution in [0.5, 0.6) is 0 Å². The summed E-state index contributed by atoms with van der Waals surface area (Å²) in [5.41, 5.74) is -0.758. The number of aliphatic hydroxyl groups is 1. The third kappa shape index (κ3) is 4.45. The normalized spacial score (nSPS) is 23.8. The van der Waals surface area contributed by atoms with Gasteiger partial charge in [0.2, 0.25) is 5.13 Å². The Labute approximate surface area is 193 Å². The van der Waals surface area contributed by atoms with Gasteiger partial charge in [-0.05, 0) is 33.0 Å². The first-order valence-corrected chi connectivity index (χ1v) is 12.0. The van der Waals surface area contributed by atoms with Crippen molar-refractivity contribution in [2.24, 2.45) is 0 Å². The van der Waals surface area contributed by atoms with Crippen LogP contribution in [0.1, 0.15) is 31.3 Å². The zero-order valence-electron chi connectivity index (χ0n) is 17.6. The van der Waals surface area contributed by atoms with Crippen LogP contribution in [0.15, 0.2) is 30.5 Å². The van der Waals surface area contributed by atoms with Crippen LogP contribution >= 0.6 is 34.7 Å². The molecule has 0 spiro atoms. The molecule has 2 N–H and O–H groups in total. The van der Waals surface area contributed by atoms with Gasteiger partial charge in [-0.15, -0.1) is 22.0 Å². The zero-order valence-corrected chi connectivity index (χ0v) is 20.0. The molecule has 1 aromatic carbocycles. The lowest BCUT2D eigenvalue weighted by Gasteiger charge is -2.33. The van der Waals surface area contributed by atoms with Crippen molar-refractivity contribution in [2.75, 3.05) is 12.4 Å². The lowest BCUT2D eigenvalue weighted by atomic mass is 10.1. The monoisotopic (exact) mass is 482 g/mol. The summed E-state index contributed by atoms with van der Waals surface area (Å²) >= 11 is 9.13. The van der Waals surface area contributed by atoms with E-state index in [1.807, 2.05) is 7.05 Å². The highest BCUT2D eigenvalue weighted by Gasteiger charge is 2.47. The van der Waals surface area contributed by atoms with Crippen molar-refractivity contribution in [1.29, 1.82) is 0 Å². The molecule has 4 unspecified atom stereocenters. The average Bonchev–Trinajstić information content (AvgIpc) is 3.43. The molecule has 166 valence electrons. The molecule has 11 heteroatoms. The molecule has 0 radical (unpaired) electrons. The molecule has 7 nitrogen and oxygen atoms in total. The molecule has 1 aliphatic rings. The molecule has 3 heterocycles. The van der Waals surface area contributed by atoms with E-state index in [1.54, 1.807) is 47.8 Å². The van der Waals surface area contributed by atoms with Crippen LogP contribution in [0, 0.1) is 5.82 Å². The number of thioether (sulfide) groups is 1. The lowest BCUT2D eigenvalue weighted by molar-refractivity contribution is 0.00352. The molecule has 1 aliphatic heterocycles. The smallest absolute Gasteiger partial charge is 0.211 e. The summed E-state index contributed by atoms with van der Waals surface area (Å²) in [6.45, 7) is 6.32. The van der Waals surface area contributed by atoms with Gasteiger partial charge < -0.3 is 10.4 Å². The van der Waals surface area contributed by atoms with Gasteiger partial charge in [0, 0.05) is 34.1 Å². The number of hydrogen-bond donors (Lipinski definition) is 2. The number of nitrogens with zero attached hydrogens (tertiary/aromatic N) is 5. The fourth-order valence-corrected chi connectivity index (χ4v) is 6.25. The van der Waals surface area contributed by atoms with E-state index in [4.69, 9.17) is 11.6 Å². The number of nitrogens with one attached hydrogen (secondary N) is 1. The van der Waals surface area contributed by atoms with Crippen LogP contribution in [0.2, 0.25) is 5.02 Å². The summed E-state index contributed by atoms with van der Waals surface area (Å²) in [4.78, 5) is 2.18. The van der Waals surface area contributed by atoms with Crippen molar-refractivity contribution in [3.05, 3.63) is 51.9 Å². The standard InChI is InChI=1S/C20H24ClFN6OS2/c1-11-12(2)30-18(27(11)4)20(3,29)17-24-25-19(31-17)23-16-8-9-28(26-16)10-13-14(21)6-5-7-15(13)22/h5-9,11-12,18,29H,10H2,1-4H3,(H,23,25,26). The Morgan fingerprint density at radius 1 is 1.29 bits per heavy atom. The second kappa shape index (κ2) is 8.67. The van der Waals surface area contributed by atoms with Crippen LogP contribution in [0.4, 0.5) is 15.3 Å². The maximum Gasteiger partial charge on any atom is 0.211 e. The summed E-state index contributed by atoms with van der Waals surface area (Å²) in [5.74, 6) is 0.177. The van der Waals surface area contributed by atoms with E-state index in [-0.39, 0.29) is 17.7 Å². The molecule has 0 amide bonds. The van der Waals surface area contributed by atoms with Gasteiger partial charge in [0.1, 0.15) is 11.4 Å². The van der Waals surface area contributed by atoms with Gasteiger partial charge in [-0.2, -0.15) is 5.10 Å². The molecule has 31 heavy (non-hydrogen) atoms. The largest absolute Gasteiger partial charge is 0.380 e. The van der Waals surface area contributed by atoms with Crippen molar-refractivity contribution < 1.29 is 9.50 Å². The van der Waals surface area contributed by atoms with Crippen LogP contribution in [-0.2, 0) is 12.1 Å². The number of benzene rings is 1. The molecule has 0 bridgehead atoms. The lowest BCUT2D eigenvalue weighted by Crippen LogP contribution is -2.44. The Bertz CT molecular complexity index is 1050. The zero-order chi connectivity index (χ0) is 22.3. The fraction of sp³-hybridized carbons (Fsp3) is 0.450. The number of hydrogen-bond acceptors (Lipinski definition) is 8. The minimum atomic E-state index is -1.14. The average molecular weight is 483 g/mol. The topological polar surface area (TPSA) is 79.1 Å². The number of anilines is 2. The van der Waals surface area contributed by atoms with Gasteiger partial charge in [0.05, 0.1) is 11.9 Å². The minimum absolute atomic E-state index is 0.108. The predicted molar refractivity (Wildman–Crippen MR) is 124 cm³/mol. The summed E-state index contributed by atoms with van der Waals surface area (Å²) in [6, 6.07) is 6.72. The highest BCUT2D eigenvalue weighted by atomic mass is 35.5. The van der Waals surface area contributed by atoms with E-state index in [2.05, 4.69) is 39.4 Å². The van der Waals surface area contributed by atoms with Gasteiger partial charge >= 0.3 is 0 Å². The quantitative estimate of drug-likeness (QED) is 0.542. The highest BCUT2D eigenvalue weighted by molar-refractivity contribution is 8.00. The van der Waals surface area contributed by atoms with Crippen LogP contribution in [0.3, 0.4) is 0 Å². The maximum atomic E-state index is 14.0. The maximum absolute atomic E-state index is 14.0. The van der Waals surface area contributed by atoms with Crippen LogP contribution in [0.25, 0.3) is 0 Å². The SMILES string of the molecule is CC1SC(C(C)(O)c2nnc(Nc3ccn(Cc4c(F)cccc4Cl)n3)s2)N(C)C1C. The second-order valence-electron chi connectivity index (χ2n) is 7.88. The first-order valence-electron chi connectivity index (χ1n) is 9.84. The van der Waals surface area contributed by atoms with Crippen molar-refractivity contribution in [2.45, 2.75) is 49.6 Å². The molecule has 3 aromatic rings. The molecule has 1 fully saturated rings. The Kier molecular flexibility index (Phi) is 6.28. The number of halogens is 2. The minimum Gasteiger partial charge on any atom is -0.380 e. The Morgan fingerprint density at radius 2 is 2.06 bits per heavy atom. The van der Waals surface area contributed by atoms with Crippen molar-refractivity contribution in [3.63, 3.8) is 0 Å². The van der Waals surface area contributed by atoms with E-state index in [9.17, 15) is 9.50 Å². The summed E-state index contributed by atoms with van der Waals surface area (Å²) in [6.07, 6.45) is 1.73. The second-order valence-corrected chi connectivity index (χ2v) is 10.7. The molecule has 0 aliphatic carbocycles. The van der Waals surface area contributed by atoms with Gasteiger partial charge in [0.15, 0.2) is 10.8 Å². The van der Waals surface area contributed by atoms with E-state index in [0.717, 1.165) is 0 Å². The Hall–Kier alpha value is -1.72. The van der Waals surface area contributed by atoms with Gasteiger partial charge in [-0.3, -0.25) is 9.58 Å². The summed E-state index contributed by atoms with van der Waals surface area (Å²) in [5, 5.41) is 28.9. The Morgan fingerprint density at radius 3 is 2.74 bits per heavy atom. The van der Waals surface area contributed by atoms with E-state index >= 15 is 0 Å². The molecule has 2 aromatic heterocycles. The molecule has 1 saturated heterocycles. The van der Waals surface area contributed by atoms with Crippen molar-refractivity contribution in [1.82, 2.24) is 24.9 Å². The van der Waals surface area contributed by atoms with E-state index in [0.29, 0.717) is 37.8 Å². The molecule has 4 rings (SSSR count). The van der Waals surface area contributed by atoms with Crippen LogP contribution < -0.4 is 5.32 Å². The third-order valence-corrected chi connectivity index (χ3v) is 8.92.